The molecule has 0 atom stereocenters. The van der Waals surface area contributed by atoms with Crippen LogP contribution in [0.1, 0.15) is 39.9 Å². The number of amides is 2. The summed E-state index contributed by atoms with van der Waals surface area (Å²) in [5.41, 5.74) is -1.25. The Morgan fingerprint density at radius 1 is 0.750 bits per heavy atom. The second kappa shape index (κ2) is 17.1. The van der Waals surface area contributed by atoms with E-state index in [1.54, 1.807) is 59.3 Å². The summed E-state index contributed by atoms with van der Waals surface area (Å²) < 4.78 is 107. The lowest BCUT2D eigenvalue weighted by Gasteiger charge is -2.37. The van der Waals surface area contributed by atoms with Gasteiger partial charge in [-0.15, -0.1) is 0 Å². The van der Waals surface area contributed by atoms with Crippen LogP contribution in [-0.2, 0) is 24.9 Å². The molecule has 0 bridgehead atoms. The predicted molar refractivity (Wildman–Crippen MR) is 225 cm³/mol. The molecule has 2 amide bonds. The minimum Gasteiger partial charge on any atom is -0.381 e. The van der Waals surface area contributed by atoms with E-state index >= 15 is 0 Å². The van der Waals surface area contributed by atoms with Crippen molar-refractivity contribution >= 4 is 49.7 Å². The molecule has 12 nitrogen and oxygen atoms in total. The van der Waals surface area contributed by atoms with Crippen LogP contribution in [-0.4, -0.2) is 60.4 Å². The highest BCUT2D eigenvalue weighted by Gasteiger charge is 2.47. The van der Waals surface area contributed by atoms with Crippen molar-refractivity contribution < 1.29 is 49.6 Å². The van der Waals surface area contributed by atoms with Gasteiger partial charge in [0.2, 0.25) is 9.84 Å². The first-order valence-electron chi connectivity index (χ1n) is 19.6. The maximum atomic E-state index is 14.7. The fourth-order valence-electron chi connectivity index (χ4n) is 8.09. The summed E-state index contributed by atoms with van der Waals surface area (Å²) in [5, 5.41) is 19.5. The number of non-ortho nitro benzene ring substituents is 1. The van der Waals surface area contributed by atoms with Crippen LogP contribution in [0.2, 0.25) is 0 Å². The second-order valence-corrected chi connectivity index (χ2v) is 16.7. The van der Waals surface area contributed by atoms with E-state index in [-0.39, 0.29) is 42.8 Å². The van der Waals surface area contributed by atoms with Crippen LogP contribution in [0.3, 0.4) is 0 Å². The molecule has 0 unspecified atom stereocenters. The number of nitro groups is 1. The lowest BCUT2D eigenvalue weighted by Crippen LogP contribution is -2.50. The molecule has 1 aliphatic rings. The molecule has 1 fully saturated rings. The summed E-state index contributed by atoms with van der Waals surface area (Å²) in [6, 6.07) is 34.1. The minimum atomic E-state index is -5.46. The van der Waals surface area contributed by atoms with Gasteiger partial charge in [0.05, 0.1) is 31.5 Å². The predicted octanol–water partition coefficient (Wildman–Crippen LogP) is 9.22. The van der Waals surface area contributed by atoms with Gasteiger partial charge in [-0.3, -0.25) is 19.7 Å². The molecular weight excluding hydrogens is 862 g/mol. The highest BCUT2D eigenvalue weighted by Crippen LogP contribution is 2.44. The van der Waals surface area contributed by atoms with Gasteiger partial charge in [0.25, 0.3) is 11.6 Å². The molecule has 6 aromatic carbocycles. The smallest absolute Gasteiger partial charge is 0.381 e. The van der Waals surface area contributed by atoms with Crippen LogP contribution in [0.4, 0.5) is 39.1 Å². The van der Waals surface area contributed by atoms with Gasteiger partial charge in [-0.2, -0.15) is 18.3 Å². The van der Waals surface area contributed by atoms with Crippen molar-refractivity contribution in [2.24, 2.45) is 0 Å². The first-order valence-corrected chi connectivity index (χ1v) is 21.1. The number of hydrogen-bond donors (Lipinski definition) is 1. The van der Waals surface area contributed by atoms with E-state index in [2.05, 4.69) is 5.32 Å². The van der Waals surface area contributed by atoms with Gasteiger partial charge in [-0.05, 0) is 65.9 Å². The summed E-state index contributed by atoms with van der Waals surface area (Å²) in [6.07, 6.45) is -5.64. The molecule has 1 N–H and O–H groups in total. The van der Waals surface area contributed by atoms with Crippen molar-refractivity contribution in [3.63, 3.8) is 0 Å². The molecule has 0 saturated carbocycles. The zero-order chi connectivity index (χ0) is 45.4. The van der Waals surface area contributed by atoms with E-state index in [1.807, 2.05) is 36.4 Å². The fraction of sp³-hybridized carbons (Fsp3) is 0.152. The summed E-state index contributed by atoms with van der Waals surface area (Å²) in [5.74, 6) is -6.19. The van der Waals surface area contributed by atoms with Crippen molar-refractivity contribution in [3.8, 4) is 0 Å². The second-order valence-electron chi connectivity index (χ2n) is 14.8. The van der Waals surface area contributed by atoms with Gasteiger partial charge in [0.15, 0.2) is 5.82 Å². The number of anilines is 2. The van der Waals surface area contributed by atoms with E-state index in [0.29, 0.717) is 45.9 Å². The summed E-state index contributed by atoms with van der Waals surface area (Å²) in [6.45, 7) is -0.0721. The third-order valence-electron chi connectivity index (χ3n) is 10.9. The largest absolute Gasteiger partial charge is 0.471 e. The highest BCUT2D eigenvalue weighted by atomic mass is 32.2. The lowest BCUT2D eigenvalue weighted by atomic mass is 9.77. The number of ether oxygens (including phenoxy) is 1. The number of alkyl halides is 3. The Kier molecular flexibility index (Phi) is 11.6. The number of nitrogens with one attached hydrogen (secondary N) is 1. The number of fused-ring (bicyclic) bond motifs is 1. The van der Waals surface area contributed by atoms with Crippen LogP contribution in [0.5, 0.6) is 0 Å². The number of nitrogens with zero attached hydrogens (tertiary/aromatic N) is 4. The molecule has 2 heterocycles. The SMILES string of the molecule is O=C(Nc1nn(C(c2ccccc2)(c2ccccc2)c2ccccc2)c2ccc(S(=O)(=O)c3cc(F)cc(F)c3)cc12)c1ccc([N+](=O)[O-])cc1N(C(=O)C(F)(F)F)C1CCOCC1. The topological polar surface area (TPSA) is 154 Å². The highest BCUT2D eigenvalue weighted by molar-refractivity contribution is 7.91. The zero-order valence-corrected chi connectivity index (χ0v) is 34.0. The van der Waals surface area contributed by atoms with Crippen LogP contribution in [0, 0.1) is 21.7 Å². The molecule has 7 aromatic rings. The number of carbonyl (C=O) groups excluding carboxylic acids is 2. The van der Waals surface area contributed by atoms with Gasteiger partial charge < -0.3 is 15.0 Å². The molecule has 0 aliphatic carbocycles. The van der Waals surface area contributed by atoms with Crippen molar-refractivity contribution in [2.45, 2.75) is 40.4 Å². The maximum Gasteiger partial charge on any atom is 0.471 e. The Labute approximate surface area is 361 Å². The van der Waals surface area contributed by atoms with E-state index in [9.17, 15) is 50.1 Å². The van der Waals surface area contributed by atoms with Crippen molar-refractivity contribution in [3.05, 3.63) is 190 Å². The first kappa shape index (κ1) is 43.3. The molecule has 1 aliphatic heterocycles. The number of aromatic nitrogens is 2. The number of benzene rings is 6. The number of hydrogen-bond acceptors (Lipinski definition) is 8. The molecule has 0 spiro atoms. The summed E-state index contributed by atoms with van der Waals surface area (Å²) in [4.78, 5) is 38.1. The van der Waals surface area contributed by atoms with Crippen molar-refractivity contribution in [1.29, 1.82) is 0 Å². The third-order valence-corrected chi connectivity index (χ3v) is 12.7. The number of carbonyl (C=O) groups is 2. The number of nitro benzene ring substituents is 1. The normalized spacial score (nSPS) is 13.7. The quantitative estimate of drug-likeness (QED) is 0.0584. The Morgan fingerprint density at radius 3 is 1.81 bits per heavy atom. The lowest BCUT2D eigenvalue weighted by molar-refractivity contribution is -0.384. The fourth-order valence-corrected chi connectivity index (χ4v) is 9.42. The van der Waals surface area contributed by atoms with Gasteiger partial charge in [-0.1, -0.05) is 91.0 Å². The van der Waals surface area contributed by atoms with Crippen LogP contribution >= 0.6 is 0 Å². The maximum absolute atomic E-state index is 14.7. The van der Waals surface area contributed by atoms with E-state index < -0.39 is 82.7 Å². The Balaban J connectivity index is 1.39. The molecule has 18 heteroatoms. The summed E-state index contributed by atoms with van der Waals surface area (Å²) >= 11 is 0. The first-order chi connectivity index (χ1) is 30.6. The van der Waals surface area contributed by atoms with E-state index in [0.717, 1.165) is 18.2 Å². The average molecular weight is 896 g/mol. The molecule has 1 aromatic heterocycles. The van der Waals surface area contributed by atoms with E-state index in [4.69, 9.17) is 9.84 Å². The van der Waals surface area contributed by atoms with Gasteiger partial charge >= 0.3 is 12.1 Å². The zero-order valence-electron chi connectivity index (χ0n) is 33.2. The van der Waals surface area contributed by atoms with Crippen molar-refractivity contribution in [2.75, 3.05) is 23.4 Å². The van der Waals surface area contributed by atoms with E-state index in [1.165, 1.54) is 12.1 Å². The third kappa shape index (κ3) is 7.96. The van der Waals surface area contributed by atoms with Gasteiger partial charge in [0.1, 0.15) is 17.2 Å². The molecule has 8 rings (SSSR count). The average Bonchev–Trinajstić information content (AvgIpc) is 3.64. The molecule has 64 heavy (non-hydrogen) atoms. The number of halogens is 5. The monoisotopic (exact) mass is 895 g/mol. The molecule has 0 radical (unpaired) electrons. The van der Waals surface area contributed by atoms with Gasteiger partial charge in [0, 0.05) is 42.8 Å². The standard InChI is InChI=1S/C46H34F5N5O7S/c47-32-24-33(48)26-37(25-32)64(61,62)36-17-19-40-39(28-36)42(53-55(40)45(29-10-4-1-5-11-29,30-12-6-2-7-13-30)31-14-8-3-9-15-31)52-43(57)38-18-16-35(56(59)60)27-41(38)54(44(58)46(49,50)51)34-20-22-63-23-21-34/h1-19,24-28,34H,20-23H2,(H,52,53,57). The molecule has 1 saturated heterocycles. The van der Waals surface area contributed by atoms with Crippen molar-refractivity contribution in [1.82, 2.24) is 9.78 Å². The molecular formula is C46H34F5N5O7S. The van der Waals surface area contributed by atoms with Crippen LogP contribution in [0.15, 0.2) is 155 Å². The van der Waals surface area contributed by atoms with Crippen LogP contribution in [0.25, 0.3) is 10.9 Å². The summed E-state index contributed by atoms with van der Waals surface area (Å²) in [7, 11) is -4.68. The molecule has 326 valence electrons. The van der Waals surface area contributed by atoms with Gasteiger partial charge in [-0.25, -0.2) is 21.9 Å². The number of sulfone groups is 1. The number of rotatable bonds is 11. The van der Waals surface area contributed by atoms with Crippen LogP contribution < -0.4 is 10.2 Å². The Bertz CT molecular complexity index is 2900. The minimum absolute atomic E-state index is 0.0360. The Morgan fingerprint density at radius 2 is 1.30 bits per heavy atom. The Hall–Kier alpha value is -7.31.